The van der Waals surface area contributed by atoms with Crippen molar-refractivity contribution in [3.63, 3.8) is 0 Å². The Labute approximate surface area is 213 Å². The number of carbonyl (C=O) groups is 3. The van der Waals surface area contributed by atoms with E-state index in [1.54, 1.807) is 37.4 Å². The fourth-order valence-electron chi connectivity index (χ4n) is 3.31. The largest absolute Gasteiger partial charge is 0.477 e. The number of amides is 2. The number of thioether (sulfide) groups is 2. The summed E-state index contributed by atoms with van der Waals surface area (Å²) in [5.74, 6) is -1.75. The van der Waals surface area contributed by atoms with Crippen molar-refractivity contribution in [2.75, 3.05) is 11.5 Å². The predicted molar refractivity (Wildman–Crippen MR) is 116 cm³/mol. The van der Waals surface area contributed by atoms with Gasteiger partial charge in [-0.3, -0.25) is 14.5 Å². The topological polar surface area (TPSA) is 151 Å². The van der Waals surface area contributed by atoms with Crippen molar-refractivity contribution >= 4 is 70.9 Å². The molecule has 0 aliphatic carbocycles. The van der Waals surface area contributed by atoms with Gasteiger partial charge in [0, 0.05) is 48.1 Å². The van der Waals surface area contributed by atoms with E-state index >= 15 is 0 Å². The number of carbonyl (C=O) groups excluding carboxylic acids is 2. The number of aliphatic carboxylic acids is 1. The van der Waals surface area contributed by atoms with Crippen molar-refractivity contribution in [2.45, 2.75) is 22.7 Å². The van der Waals surface area contributed by atoms with Crippen LogP contribution in [-0.2, 0) is 21.4 Å². The Morgan fingerprint density at radius 3 is 2.69 bits per heavy atom. The Morgan fingerprint density at radius 1 is 1.34 bits per heavy atom. The molecule has 163 valence electrons. The van der Waals surface area contributed by atoms with Gasteiger partial charge in [-0.05, 0) is 21.6 Å². The van der Waals surface area contributed by atoms with Crippen molar-refractivity contribution in [1.29, 1.82) is 0 Å². The third kappa shape index (κ3) is 4.72. The monoisotopic (exact) mass is 485 g/mol. The number of carboxylic acid groups (broad SMARTS) is 1. The molecule has 2 aliphatic rings. The minimum atomic E-state index is -1.42. The number of hydrogen-bond acceptors (Lipinski definition) is 9. The second-order valence-corrected chi connectivity index (χ2v) is 8.89. The first kappa shape index (κ1) is 24.7. The van der Waals surface area contributed by atoms with E-state index in [9.17, 15) is 24.6 Å². The molecule has 3 heterocycles. The van der Waals surface area contributed by atoms with E-state index in [1.165, 1.54) is 33.1 Å². The maximum atomic E-state index is 12.7. The second-order valence-electron chi connectivity index (χ2n) is 6.84. The van der Waals surface area contributed by atoms with Crippen LogP contribution < -0.4 is 5.32 Å². The molecule has 0 saturated carbocycles. The fraction of sp³-hybridized carbons (Fsp3) is 0.333. The Bertz CT molecular complexity index is 1070. The third-order valence-corrected chi connectivity index (χ3v) is 7.30. The Morgan fingerprint density at radius 2 is 2.06 bits per heavy atom. The van der Waals surface area contributed by atoms with Gasteiger partial charge in [-0.2, -0.15) is 0 Å². The van der Waals surface area contributed by atoms with E-state index in [4.69, 9.17) is 0 Å². The standard InChI is InChI=1S/C18H18N6O5S2.Na/c1-23-18(20-21-22-23)31-8-10-7-30-16-11(15(27)24(16)12(10)17(28)29)19-14(26)13(25)9-5-3-2-4-6-9;/h2-6,11,13,16,25H,7-8H2,1H3,(H,19,26)(H,28,29);/t11-,13-,16-;/m1./s1. The quantitative estimate of drug-likeness (QED) is 0.263. The van der Waals surface area contributed by atoms with E-state index in [0.29, 0.717) is 27.8 Å². The Balaban J connectivity index is 0.00000289. The molecule has 3 atom stereocenters. The zero-order chi connectivity index (χ0) is 22.1. The number of aromatic nitrogens is 4. The zero-order valence-corrected chi connectivity index (χ0v) is 20.8. The second kappa shape index (κ2) is 10.4. The minimum absolute atomic E-state index is 0. The molecule has 32 heavy (non-hydrogen) atoms. The maximum Gasteiger partial charge on any atom is 0.352 e. The van der Waals surface area contributed by atoms with Crippen LogP contribution in [0.4, 0.5) is 0 Å². The van der Waals surface area contributed by atoms with E-state index in [-0.39, 0.29) is 35.3 Å². The van der Waals surface area contributed by atoms with E-state index in [1.807, 2.05) is 0 Å². The fourth-order valence-corrected chi connectivity index (χ4v) is 5.64. The summed E-state index contributed by atoms with van der Waals surface area (Å²) in [6.07, 6.45) is -1.42. The molecule has 1 saturated heterocycles. The molecule has 14 heteroatoms. The number of benzene rings is 1. The first-order valence-electron chi connectivity index (χ1n) is 9.17. The van der Waals surface area contributed by atoms with Gasteiger partial charge in [0.05, 0.1) is 0 Å². The normalized spacial score (nSPS) is 20.7. The van der Waals surface area contributed by atoms with Crippen LogP contribution in [0.1, 0.15) is 11.7 Å². The van der Waals surface area contributed by atoms with Crippen molar-refractivity contribution in [1.82, 2.24) is 30.4 Å². The molecule has 3 N–H and O–H groups in total. The van der Waals surface area contributed by atoms with E-state index < -0.39 is 35.3 Å². The van der Waals surface area contributed by atoms with Crippen LogP contribution in [0.5, 0.6) is 0 Å². The van der Waals surface area contributed by atoms with Crippen LogP contribution in [0, 0.1) is 0 Å². The molecule has 0 spiro atoms. The summed E-state index contributed by atoms with van der Waals surface area (Å²) in [6, 6.07) is 7.46. The van der Waals surface area contributed by atoms with Gasteiger partial charge in [-0.1, -0.05) is 42.1 Å². The summed E-state index contributed by atoms with van der Waals surface area (Å²) in [5, 5.41) is 33.6. The summed E-state index contributed by atoms with van der Waals surface area (Å²) in [4.78, 5) is 38.2. The van der Waals surface area contributed by atoms with Crippen LogP contribution >= 0.6 is 23.5 Å². The van der Waals surface area contributed by atoms with Gasteiger partial charge >= 0.3 is 5.97 Å². The number of rotatable bonds is 7. The van der Waals surface area contributed by atoms with Crippen molar-refractivity contribution in [2.24, 2.45) is 7.05 Å². The first-order valence-corrected chi connectivity index (χ1v) is 11.2. The summed E-state index contributed by atoms with van der Waals surface area (Å²) in [7, 11) is 1.68. The van der Waals surface area contributed by atoms with Gasteiger partial charge in [0.15, 0.2) is 6.10 Å². The van der Waals surface area contributed by atoms with E-state index in [0.717, 1.165) is 0 Å². The Kier molecular flexibility index (Phi) is 8.01. The molecular formula is C18H18N6NaO5S2. The van der Waals surface area contributed by atoms with Crippen molar-refractivity contribution in [3.8, 4) is 0 Å². The third-order valence-electron chi connectivity index (χ3n) is 4.87. The number of β-lactam (4-membered cyclic amide) rings is 1. The molecule has 1 fully saturated rings. The molecule has 2 aliphatic heterocycles. The summed E-state index contributed by atoms with van der Waals surface area (Å²) < 4.78 is 1.48. The molecule has 2 amide bonds. The van der Waals surface area contributed by atoms with Gasteiger partial charge in [-0.15, -0.1) is 16.9 Å². The number of aryl methyl sites for hydroxylation is 1. The zero-order valence-electron chi connectivity index (χ0n) is 17.2. The number of fused-ring (bicyclic) bond motifs is 1. The molecule has 2 aromatic rings. The van der Waals surface area contributed by atoms with Gasteiger partial charge in [-0.25, -0.2) is 9.48 Å². The van der Waals surface area contributed by atoms with Crippen LogP contribution in [-0.4, -0.2) is 106 Å². The average Bonchev–Trinajstić information content (AvgIpc) is 3.19. The number of nitrogens with one attached hydrogen (secondary N) is 1. The molecule has 4 rings (SSSR count). The van der Waals surface area contributed by atoms with Crippen LogP contribution in [0.15, 0.2) is 46.8 Å². The molecule has 0 unspecified atom stereocenters. The average molecular weight is 486 g/mol. The van der Waals surface area contributed by atoms with Crippen LogP contribution in [0.3, 0.4) is 0 Å². The van der Waals surface area contributed by atoms with Crippen molar-refractivity contribution in [3.05, 3.63) is 47.2 Å². The maximum absolute atomic E-state index is 12.7. The minimum Gasteiger partial charge on any atom is -0.477 e. The van der Waals surface area contributed by atoms with Crippen LogP contribution in [0.25, 0.3) is 0 Å². The summed E-state index contributed by atoms with van der Waals surface area (Å²) >= 11 is 2.64. The van der Waals surface area contributed by atoms with Crippen molar-refractivity contribution < 1.29 is 24.6 Å². The molecular weight excluding hydrogens is 467 g/mol. The SMILES string of the molecule is Cn1nnnc1SCC1=C(C(=O)O)N2C(=O)[C@@H](NC(=O)[C@H](O)c3ccccc3)[C@H]2SC1.[Na]. The number of aliphatic hydroxyl groups excluding tert-OH is 1. The number of tetrazole rings is 1. The number of carboxylic acids is 1. The first-order chi connectivity index (χ1) is 14.9. The van der Waals surface area contributed by atoms with E-state index in [2.05, 4.69) is 20.8 Å². The molecule has 0 bridgehead atoms. The molecule has 1 radical (unpaired) electrons. The summed E-state index contributed by atoms with van der Waals surface area (Å²) in [6.45, 7) is 0. The predicted octanol–water partition coefficient (Wildman–Crippen LogP) is -0.606. The Hall–Kier alpha value is -1.90. The molecule has 11 nitrogen and oxygen atoms in total. The number of aliphatic hydroxyl groups is 1. The van der Waals surface area contributed by atoms with Gasteiger partial charge in [0.1, 0.15) is 17.1 Å². The van der Waals surface area contributed by atoms with Crippen LogP contribution in [0.2, 0.25) is 0 Å². The van der Waals surface area contributed by atoms with Gasteiger partial charge in [0.2, 0.25) is 5.16 Å². The molecule has 1 aromatic heterocycles. The number of nitrogens with zero attached hydrogens (tertiary/aromatic N) is 5. The summed E-state index contributed by atoms with van der Waals surface area (Å²) in [5.41, 5.74) is 0.901. The smallest absolute Gasteiger partial charge is 0.352 e. The van der Waals surface area contributed by atoms with Gasteiger partial charge < -0.3 is 15.5 Å². The van der Waals surface area contributed by atoms with Gasteiger partial charge in [0.25, 0.3) is 11.8 Å². The molecule has 1 aromatic carbocycles. The number of hydrogen-bond donors (Lipinski definition) is 3.